The van der Waals surface area contributed by atoms with Crippen molar-refractivity contribution in [2.45, 2.75) is 25.8 Å². The molecule has 0 fully saturated rings. The van der Waals surface area contributed by atoms with Gasteiger partial charge in [-0.1, -0.05) is 0 Å². The van der Waals surface area contributed by atoms with Gasteiger partial charge in [0.1, 0.15) is 11.8 Å². The van der Waals surface area contributed by atoms with Gasteiger partial charge in [-0.3, -0.25) is 15.0 Å². The monoisotopic (exact) mass is 289 g/mol. The van der Waals surface area contributed by atoms with Crippen LogP contribution in [-0.2, 0) is 6.42 Å². The van der Waals surface area contributed by atoms with Gasteiger partial charge >= 0.3 is 0 Å². The summed E-state index contributed by atoms with van der Waals surface area (Å²) in [4.78, 5) is 12.2. The Kier molecular flexibility index (Phi) is 3.37. The quantitative estimate of drug-likeness (QED) is 0.924. The number of rotatable bonds is 2. The van der Waals surface area contributed by atoms with Gasteiger partial charge in [-0.2, -0.15) is 0 Å². The van der Waals surface area contributed by atoms with Crippen LogP contribution in [0.25, 0.3) is 0 Å². The molecule has 1 unspecified atom stereocenters. The van der Waals surface area contributed by atoms with E-state index < -0.39 is 12.5 Å². The summed E-state index contributed by atoms with van der Waals surface area (Å²) in [5.74, 6) is -0.0310. The molecule has 1 aliphatic rings. The van der Waals surface area contributed by atoms with E-state index in [2.05, 4.69) is 15.0 Å². The maximum Gasteiger partial charge on any atom is 0.260 e. The van der Waals surface area contributed by atoms with Crippen LogP contribution in [0.5, 0.6) is 5.75 Å². The third kappa shape index (κ3) is 2.49. The van der Waals surface area contributed by atoms with Crippen molar-refractivity contribution in [3.05, 3.63) is 53.1 Å². The van der Waals surface area contributed by atoms with Crippen LogP contribution in [-0.4, -0.2) is 33.3 Å². The van der Waals surface area contributed by atoms with Crippen LogP contribution >= 0.6 is 0 Å². The third-order valence-electron chi connectivity index (χ3n) is 3.52. The smallest absolute Gasteiger partial charge is 0.260 e. The van der Waals surface area contributed by atoms with Crippen molar-refractivity contribution in [2.75, 3.05) is 0 Å². The first-order chi connectivity index (χ1) is 10.1. The van der Waals surface area contributed by atoms with E-state index in [4.69, 9.17) is 0 Å². The summed E-state index contributed by atoms with van der Waals surface area (Å²) >= 11 is 0. The molecule has 1 atom stereocenters. The topological polar surface area (TPSA) is 58.4 Å². The van der Waals surface area contributed by atoms with Crippen LogP contribution in [0, 0.1) is 6.92 Å². The standard InChI is InChI=1S/C15H13F2N3O/c1-8-4-18-7-12-11(8)3-13(15(16)17)20-14(12)9-2-10(21)6-19-5-9/h2,4-7,13,15,21H,3H2,1H3. The van der Waals surface area contributed by atoms with Crippen molar-refractivity contribution >= 4 is 5.71 Å². The number of aromatic nitrogens is 2. The fourth-order valence-corrected chi connectivity index (χ4v) is 2.49. The highest BCUT2D eigenvalue weighted by Crippen LogP contribution is 2.28. The fourth-order valence-electron chi connectivity index (χ4n) is 2.49. The van der Waals surface area contributed by atoms with Gasteiger partial charge in [-0.15, -0.1) is 0 Å². The Morgan fingerprint density at radius 2 is 1.95 bits per heavy atom. The van der Waals surface area contributed by atoms with Gasteiger partial charge in [0.25, 0.3) is 6.43 Å². The average molecular weight is 289 g/mol. The average Bonchev–Trinajstić information content (AvgIpc) is 2.46. The summed E-state index contributed by atoms with van der Waals surface area (Å²) in [5.41, 5.74) is 3.32. The molecule has 2 aromatic rings. The zero-order valence-electron chi connectivity index (χ0n) is 11.3. The molecule has 6 heteroatoms. The molecule has 2 aromatic heterocycles. The lowest BCUT2D eigenvalue weighted by Crippen LogP contribution is -2.28. The predicted molar refractivity (Wildman–Crippen MR) is 74.0 cm³/mol. The Balaban J connectivity index is 2.18. The van der Waals surface area contributed by atoms with Crippen molar-refractivity contribution in [3.8, 4) is 5.75 Å². The van der Waals surface area contributed by atoms with Crippen LogP contribution in [0.3, 0.4) is 0 Å². The summed E-state index contributed by atoms with van der Waals surface area (Å²) in [6.07, 6.45) is 3.71. The number of halogens is 2. The molecule has 0 aliphatic carbocycles. The molecular weight excluding hydrogens is 276 g/mol. The Labute approximate surface area is 120 Å². The Hall–Kier alpha value is -2.37. The number of aryl methyl sites for hydroxylation is 1. The fraction of sp³-hybridized carbons (Fsp3) is 0.267. The molecule has 21 heavy (non-hydrogen) atoms. The zero-order chi connectivity index (χ0) is 15.0. The first-order valence-corrected chi connectivity index (χ1v) is 6.50. The van der Waals surface area contributed by atoms with Crippen LogP contribution in [0.15, 0.2) is 35.8 Å². The van der Waals surface area contributed by atoms with E-state index in [1.165, 1.54) is 18.5 Å². The molecule has 1 N–H and O–H groups in total. The second-order valence-corrected chi connectivity index (χ2v) is 5.00. The summed E-state index contributed by atoms with van der Waals surface area (Å²) in [6, 6.07) is 0.377. The van der Waals surface area contributed by atoms with Gasteiger partial charge in [0.2, 0.25) is 0 Å². The number of pyridine rings is 2. The van der Waals surface area contributed by atoms with E-state index in [1.807, 2.05) is 6.92 Å². The number of alkyl halides is 2. The van der Waals surface area contributed by atoms with Crippen molar-refractivity contribution in [1.82, 2.24) is 9.97 Å². The maximum absolute atomic E-state index is 13.1. The van der Waals surface area contributed by atoms with Crippen molar-refractivity contribution in [3.63, 3.8) is 0 Å². The molecule has 0 saturated heterocycles. The molecule has 0 saturated carbocycles. The molecule has 0 spiro atoms. The Morgan fingerprint density at radius 3 is 2.67 bits per heavy atom. The molecule has 1 aliphatic heterocycles. The van der Waals surface area contributed by atoms with Gasteiger partial charge in [0.05, 0.1) is 11.9 Å². The van der Waals surface area contributed by atoms with E-state index in [9.17, 15) is 13.9 Å². The van der Waals surface area contributed by atoms with Crippen LogP contribution in [0.1, 0.15) is 22.3 Å². The lowest BCUT2D eigenvalue weighted by atomic mass is 9.90. The van der Waals surface area contributed by atoms with Crippen molar-refractivity contribution in [2.24, 2.45) is 4.99 Å². The normalized spacial score (nSPS) is 17.5. The van der Waals surface area contributed by atoms with E-state index in [-0.39, 0.29) is 12.2 Å². The number of nitrogens with zero attached hydrogens (tertiary/aromatic N) is 3. The van der Waals surface area contributed by atoms with Gasteiger partial charge in [0, 0.05) is 36.1 Å². The predicted octanol–water partition coefficient (Wildman–Crippen LogP) is 2.52. The highest BCUT2D eigenvalue weighted by atomic mass is 19.3. The molecular formula is C15H13F2N3O. The zero-order valence-corrected chi connectivity index (χ0v) is 11.3. The van der Waals surface area contributed by atoms with Crippen LogP contribution in [0.2, 0.25) is 0 Å². The van der Waals surface area contributed by atoms with E-state index >= 15 is 0 Å². The minimum Gasteiger partial charge on any atom is -0.506 e. The van der Waals surface area contributed by atoms with Gasteiger partial charge in [-0.05, 0) is 24.1 Å². The summed E-state index contributed by atoms with van der Waals surface area (Å²) in [5, 5.41) is 9.54. The number of hydrogen-bond donors (Lipinski definition) is 1. The minimum absolute atomic E-state index is 0.0310. The first-order valence-electron chi connectivity index (χ1n) is 6.50. The minimum atomic E-state index is -2.54. The number of aromatic hydroxyl groups is 1. The second-order valence-electron chi connectivity index (χ2n) is 5.00. The summed E-state index contributed by atoms with van der Waals surface area (Å²) in [6.45, 7) is 1.85. The van der Waals surface area contributed by atoms with Crippen LogP contribution in [0.4, 0.5) is 8.78 Å². The SMILES string of the molecule is Cc1cncc2c1CC(C(F)F)N=C2c1cncc(O)c1. The molecule has 108 valence electrons. The highest BCUT2D eigenvalue weighted by molar-refractivity contribution is 6.14. The number of hydrogen-bond acceptors (Lipinski definition) is 4. The van der Waals surface area contributed by atoms with Gasteiger partial charge in [0.15, 0.2) is 0 Å². The maximum atomic E-state index is 13.1. The largest absolute Gasteiger partial charge is 0.506 e. The highest BCUT2D eigenvalue weighted by Gasteiger charge is 2.29. The number of fused-ring (bicyclic) bond motifs is 1. The molecule has 0 radical (unpaired) electrons. The molecule has 3 heterocycles. The number of aliphatic imine (C=N–C) groups is 1. The van der Waals surface area contributed by atoms with E-state index in [0.717, 1.165) is 16.7 Å². The second kappa shape index (κ2) is 5.20. The van der Waals surface area contributed by atoms with E-state index in [0.29, 0.717) is 11.3 Å². The molecule has 3 rings (SSSR count). The Bertz CT molecular complexity index is 716. The molecule has 0 amide bonds. The molecule has 0 aromatic carbocycles. The van der Waals surface area contributed by atoms with Gasteiger partial charge < -0.3 is 5.11 Å². The van der Waals surface area contributed by atoms with E-state index in [1.54, 1.807) is 12.4 Å². The van der Waals surface area contributed by atoms with Crippen LogP contribution < -0.4 is 0 Å². The lowest BCUT2D eigenvalue weighted by molar-refractivity contribution is 0.116. The van der Waals surface area contributed by atoms with Crippen molar-refractivity contribution < 1.29 is 13.9 Å². The molecule has 4 nitrogen and oxygen atoms in total. The first kappa shape index (κ1) is 13.6. The lowest BCUT2D eigenvalue weighted by Gasteiger charge is -2.24. The van der Waals surface area contributed by atoms with Gasteiger partial charge in [-0.25, -0.2) is 8.78 Å². The Morgan fingerprint density at radius 1 is 1.19 bits per heavy atom. The van der Waals surface area contributed by atoms with Crippen molar-refractivity contribution in [1.29, 1.82) is 0 Å². The summed E-state index contributed by atoms with van der Waals surface area (Å²) in [7, 11) is 0. The molecule has 0 bridgehead atoms. The summed E-state index contributed by atoms with van der Waals surface area (Å²) < 4.78 is 26.3. The third-order valence-corrected chi connectivity index (χ3v) is 3.52.